The molecule has 1 N–H and O–H groups in total. The van der Waals surface area contributed by atoms with Crippen LogP contribution in [0, 0.1) is 5.82 Å². The Morgan fingerprint density at radius 3 is 2.81 bits per heavy atom. The van der Waals surface area contributed by atoms with Gasteiger partial charge in [-0.05, 0) is 30.3 Å². The quantitative estimate of drug-likeness (QED) is 0.804. The summed E-state index contributed by atoms with van der Waals surface area (Å²) >= 11 is 1.29. The van der Waals surface area contributed by atoms with Crippen molar-refractivity contribution in [1.82, 2.24) is 9.97 Å². The number of hydrogen-bond acceptors (Lipinski definition) is 4. The van der Waals surface area contributed by atoms with Crippen molar-refractivity contribution in [2.45, 2.75) is 0 Å². The summed E-state index contributed by atoms with van der Waals surface area (Å²) in [6.45, 7) is 0. The molecule has 21 heavy (non-hydrogen) atoms. The van der Waals surface area contributed by atoms with Crippen molar-refractivity contribution >= 4 is 22.4 Å². The maximum absolute atomic E-state index is 13.1. The molecule has 1 amide bonds. The van der Waals surface area contributed by atoms with Gasteiger partial charge in [0.2, 0.25) is 0 Å². The Balaban J connectivity index is 1.77. The summed E-state index contributed by atoms with van der Waals surface area (Å²) < 4.78 is 13.1. The van der Waals surface area contributed by atoms with Gasteiger partial charge in [0.1, 0.15) is 11.5 Å². The maximum atomic E-state index is 13.1. The van der Waals surface area contributed by atoms with Gasteiger partial charge in [-0.15, -0.1) is 11.3 Å². The van der Waals surface area contributed by atoms with Crippen LogP contribution in [-0.4, -0.2) is 15.9 Å². The molecule has 0 aliphatic heterocycles. The predicted molar refractivity (Wildman–Crippen MR) is 79.7 cm³/mol. The smallest absolute Gasteiger partial charge is 0.257 e. The van der Waals surface area contributed by atoms with E-state index in [4.69, 9.17) is 0 Å². The Bertz CT molecular complexity index is 773. The van der Waals surface area contributed by atoms with E-state index in [1.165, 1.54) is 29.5 Å². The third-order valence-electron chi connectivity index (χ3n) is 2.74. The highest BCUT2D eigenvalue weighted by Crippen LogP contribution is 2.23. The number of anilines is 1. The molecule has 0 radical (unpaired) electrons. The Labute approximate surface area is 124 Å². The van der Waals surface area contributed by atoms with E-state index in [1.54, 1.807) is 12.3 Å². The van der Waals surface area contributed by atoms with Crippen molar-refractivity contribution in [3.05, 3.63) is 65.4 Å². The van der Waals surface area contributed by atoms with Gasteiger partial charge in [0.15, 0.2) is 5.13 Å². The molecule has 3 aromatic rings. The second kappa shape index (κ2) is 5.80. The highest BCUT2D eigenvalue weighted by molar-refractivity contribution is 7.14. The van der Waals surface area contributed by atoms with Gasteiger partial charge in [-0.3, -0.25) is 15.1 Å². The molecular weight excluding hydrogens is 289 g/mol. The third kappa shape index (κ3) is 3.11. The van der Waals surface area contributed by atoms with E-state index in [2.05, 4.69) is 15.3 Å². The van der Waals surface area contributed by atoms with E-state index < -0.39 is 11.7 Å². The molecule has 0 fully saturated rings. The summed E-state index contributed by atoms with van der Waals surface area (Å²) in [5, 5.41) is 4.91. The van der Waals surface area contributed by atoms with Gasteiger partial charge < -0.3 is 0 Å². The normalized spacial score (nSPS) is 10.3. The second-order valence-electron chi connectivity index (χ2n) is 4.22. The lowest BCUT2D eigenvalue weighted by Crippen LogP contribution is -2.11. The van der Waals surface area contributed by atoms with Gasteiger partial charge in [0.25, 0.3) is 5.91 Å². The minimum atomic E-state index is -0.448. The van der Waals surface area contributed by atoms with Crippen LogP contribution in [0.1, 0.15) is 10.4 Å². The third-order valence-corrected chi connectivity index (χ3v) is 3.50. The molecule has 6 heteroatoms. The summed E-state index contributed by atoms with van der Waals surface area (Å²) in [7, 11) is 0. The van der Waals surface area contributed by atoms with Gasteiger partial charge >= 0.3 is 0 Å². The summed E-state index contributed by atoms with van der Waals surface area (Å²) in [4.78, 5) is 20.5. The van der Waals surface area contributed by atoms with E-state index >= 15 is 0 Å². The number of hydrogen-bond donors (Lipinski definition) is 1. The van der Waals surface area contributed by atoms with E-state index in [-0.39, 0.29) is 5.56 Å². The number of aromatic nitrogens is 2. The van der Waals surface area contributed by atoms with Crippen molar-refractivity contribution in [2.75, 3.05) is 5.32 Å². The largest absolute Gasteiger partial charge is 0.298 e. The number of carbonyl (C=O) groups is 1. The number of carbonyl (C=O) groups excluding carboxylic acids is 1. The monoisotopic (exact) mass is 299 g/mol. The molecule has 2 aromatic heterocycles. The summed E-state index contributed by atoms with van der Waals surface area (Å²) in [5.41, 5.74) is 1.68. The van der Waals surface area contributed by atoms with Gasteiger partial charge in [-0.25, -0.2) is 9.37 Å². The van der Waals surface area contributed by atoms with Crippen LogP contribution in [0.3, 0.4) is 0 Å². The fourth-order valence-electron chi connectivity index (χ4n) is 1.76. The average molecular weight is 299 g/mol. The number of amides is 1. The number of thiazole rings is 1. The van der Waals surface area contributed by atoms with Crippen LogP contribution in [0.15, 0.2) is 54.0 Å². The van der Waals surface area contributed by atoms with Crippen LogP contribution < -0.4 is 5.32 Å². The fourth-order valence-corrected chi connectivity index (χ4v) is 2.46. The predicted octanol–water partition coefficient (Wildman–Crippen LogP) is 3.60. The first-order valence-corrected chi connectivity index (χ1v) is 7.04. The highest BCUT2D eigenvalue weighted by atomic mass is 32.1. The van der Waals surface area contributed by atoms with Crippen molar-refractivity contribution < 1.29 is 9.18 Å². The number of rotatable bonds is 3. The summed E-state index contributed by atoms with van der Waals surface area (Å²) in [6.07, 6.45) is 1.68. The zero-order valence-electron chi connectivity index (χ0n) is 10.8. The molecule has 2 heterocycles. The van der Waals surface area contributed by atoms with Gasteiger partial charge in [0, 0.05) is 17.1 Å². The fraction of sp³-hybridized carbons (Fsp3) is 0. The zero-order valence-corrected chi connectivity index (χ0v) is 11.6. The Morgan fingerprint density at radius 2 is 2.05 bits per heavy atom. The molecule has 0 atom stereocenters. The molecule has 0 saturated heterocycles. The van der Waals surface area contributed by atoms with Crippen molar-refractivity contribution in [1.29, 1.82) is 0 Å². The van der Waals surface area contributed by atoms with Gasteiger partial charge in [-0.1, -0.05) is 12.1 Å². The SMILES string of the molecule is O=C(Nc1nc(-c2ccccn2)cs1)c1cccc(F)c1. The lowest BCUT2D eigenvalue weighted by Gasteiger charge is -2.01. The number of benzene rings is 1. The molecule has 0 unspecified atom stereocenters. The summed E-state index contributed by atoms with van der Waals surface area (Å²) in [5.74, 6) is -0.840. The Morgan fingerprint density at radius 1 is 1.14 bits per heavy atom. The first-order chi connectivity index (χ1) is 10.2. The first kappa shape index (κ1) is 13.4. The Hall–Kier alpha value is -2.60. The first-order valence-electron chi connectivity index (χ1n) is 6.16. The van der Waals surface area contributed by atoms with Crippen LogP contribution in [0.25, 0.3) is 11.4 Å². The van der Waals surface area contributed by atoms with Crippen molar-refractivity contribution in [2.24, 2.45) is 0 Å². The lowest BCUT2D eigenvalue weighted by atomic mass is 10.2. The number of nitrogens with zero attached hydrogens (tertiary/aromatic N) is 2. The molecule has 3 rings (SSSR count). The molecule has 0 saturated carbocycles. The molecule has 1 aromatic carbocycles. The minimum absolute atomic E-state index is 0.254. The number of pyridine rings is 1. The molecule has 0 aliphatic rings. The molecule has 0 spiro atoms. The van der Waals surface area contributed by atoms with Crippen LogP contribution in [0.2, 0.25) is 0 Å². The second-order valence-corrected chi connectivity index (χ2v) is 5.08. The van der Waals surface area contributed by atoms with Crippen LogP contribution in [0.4, 0.5) is 9.52 Å². The van der Waals surface area contributed by atoms with E-state index in [1.807, 2.05) is 23.6 Å². The van der Waals surface area contributed by atoms with Crippen molar-refractivity contribution in [3.63, 3.8) is 0 Å². The van der Waals surface area contributed by atoms with E-state index in [9.17, 15) is 9.18 Å². The summed E-state index contributed by atoms with van der Waals surface area (Å²) in [6, 6.07) is 11.0. The van der Waals surface area contributed by atoms with E-state index in [0.29, 0.717) is 10.8 Å². The molecular formula is C15H10FN3OS. The standard InChI is InChI=1S/C15H10FN3OS/c16-11-5-3-4-10(8-11)14(20)19-15-18-13(9-21-15)12-6-1-2-7-17-12/h1-9H,(H,18,19,20). The van der Waals surface area contributed by atoms with Crippen LogP contribution >= 0.6 is 11.3 Å². The van der Waals surface area contributed by atoms with Crippen LogP contribution in [-0.2, 0) is 0 Å². The maximum Gasteiger partial charge on any atom is 0.257 e. The number of nitrogens with one attached hydrogen (secondary N) is 1. The highest BCUT2D eigenvalue weighted by Gasteiger charge is 2.10. The molecule has 0 bridgehead atoms. The van der Waals surface area contributed by atoms with Gasteiger partial charge in [0.05, 0.1) is 5.69 Å². The molecule has 104 valence electrons. The van der Waals surface area contributed by atoms with E-state index in [0.717, 1.165) is 5.69 Å². The van der Waals surface area contributed by atoms with Gasteiger partial charge in [-0.2, -0.15) is 0 Å². The zero-order chi connectivity index (χ0) is 14.7. The Kier molecular flexibility index (Phi) is 3.70. The average Bonchev–Trinajstić information content (AvgIpc) is 2.97. The number of halogens is 1. The lowest BCUT2D eigenvalue weighted by molar-refractivity contribution is 0.102. The molecule has 0 aliphatic carbocycles. The topological polar surface area (TPSA) is 54.9 Å². The minimum Gasteiger partial charge on any atom is -0.298 e. The molecule has 4 nitrogen and oxygen atoms in total. The van der Waals surface area contributed by atoms with Crippen LogP contribution in [0.5, 0.6) is 0 Å². The van der Waals surface area contributed by atoms with Crippen molar-refractivity contribution in [3.8, 4) is 11.4 Å².